The van der Waals surface area contributed by atoms with E-state index in [1.165, 1.54) is 5.20 Å². The van der Waals surface area contributed by atoms with E-state index < -0.39 is 16.1 Å². The second-order valence-electron chi connectivity index (χ2n) is 7.30. The van der Waals surface area contributed by atoms with Crippen LogP contribution in [0.2, 0.25) is 39.3 Å². The number of rotatable bonds is 3. The molecular formula is C17H27NOSi2. The molecule has 0 saturated heterocycles. The van der Waals surface area contributed by atoms with E-state index in [9.17, 15) is 0 Å². The van der Waals surface area contributed by atoms with Gasteiger partial charge >= 0.3 is 0 Å². The van der Waals surface area contributed by atoms with Crippen LogP contribution in [0, 0.1) is 11.5 Å². The first-order valence-corrected chi connectivity index (χ1v) is 14.2. The first kappa shape index (κ1) is 17.6. The molecule has 1 aromatic carbocycles. The lowest BCUT2D eigenvalue weighted by atomic mass is 10.1. The topological polar surface area (TPSA) is 35.2 Å². The normalized spacial score (nSPS) is 12.6. The number of ether oxygens (including phenoxy) is 1. The summed E-state index contributed by atoms with van der Waals surface area (Å²) in [5.74, 6) is 4.24. The highest BCUT2D eigenvalue weighted by Gasteiger charge is 2.19. The smallest absolute Gasteiger partial charge is 0.129 e. The maximum absolute atomic E-state index is 6.12. The van der Waals surface area contributed by atoms with Gasteiger partial charge < -0.3 is 10.5 Å². The van der Waals surface area contributed by atoms with Gasteiger partial charge in [0.25, 0.3) is 0 Å². The number of methoxy groups -OCH3 is 1. The molecule has 0 aliphatic rings. The highest BCUT2D eigenvalue weighted by molar-refractivity contribution is 6.86. The van der Waals surface area contributed by atoms with E-state index in [4.69, 9.17) is 10.5 Å². The molecule has 1 rings (SSSR count). The Morgan fingerprint density at radius 3 is 2.19 bits per heavy atom. The minimum Gasteiger partial charge on any atom is -0.497 e. The van der Waals surface area contributed by atoms with Crippen molar-refractivity contribution in [3.05, 3.63) is 29.0 Å². The summed E-state index contributed by atoms with van der Waals surface area (Å²) in [6.07, 6.45) is 2.16. The Hall–Kier alpha value is -1.45. The first-order valence-electron chi connectivity index (χ1n) is 7.22. The first-order chi connectivity index (χ1) is 9.53. The maximum Gasteiger partial charge on any atom is 0.129 e. The number of hydrogen-bond donors (Lipinski definition) is 1. The summed E-state index contributed by atoms with van der Waals surface area (Å²) >= 11 is 0. The van der Waals surface area contributed by atoms with Crippen LogP contribution < -0.4 is 10.5 Å². The Morgan fingerprint density at radius 1 is 1.14 bits per heavy atom. The van der Waals surface area contributed by atoms with Crippen molar-refractivity contribution in [2.45, 2.75) is 39.3 Å². The van der Waals surface area contributed by atoms with Gasteiger partial charge in [-0.15, -0.1) is 5.54 Å². The number of anilines is 1. The molecule has 1 aromatic rings. The lowest BCUT2D eigenvalue weighted by Gasteiger charge is -2.17. The molecule has 0 aliphatic carbocycles. The van der Waals surface area contributed by atoms with E-state index >= 15 is 0 Å². The highest BCUT2D eigenvalue weighted by atomic mass is 28.3. The molecule has 0 aliphatic heterocycles. The van der Waals surface area contributed by atoms with Crippen molar-refractivity contribution in [1.29, 1.82) is 0 Å². The van der Waals surface area contributed by atoms with Gasteiger partial charge in [0.15, 0.2) is 0 Å². The van der Waals surface area contributed by atoms with Crippen LogP contribution in [0.25, 0.3) is 6.08 Å². The number of hydrogen-bond acceptors (Lipinski definition) is 2. The third-order valence-corrected chi connectivity index (χ3v) is 5.73. The third-order valence-electron chi connectivity index (χ3n) is 2.97. The van der Waals surface area contributed by atoms with Crippen molar-refractivity contribution in [3.8, 4) is 17.2 Å². The average Bonchev–Trinajstić information content (AvgIpc) is 2.33. The molecule has 114 valence electrons. The zero-order valence-corrected chi connectivity index (χ0v) is 16.3. The van der Waals surface area contributed by atoms with E-state index in [1.807, 2.05) is 18.2 Å². The molecule has 0 heterocycles. The lowest BCUT2D eigenvalue weighted by molar-refractivity contribution is 0.415. The third kappa shape index (κ3) is 5.82. The maximum atomic E-state index is 6.12. The van der Waals surface area contributed by atoms with Crippen LogP contribution >= 0.6 is 0 Å². The molecule has 0 saturated carbocycles. The summed E-state index contributed by atoms with van der Waals surface area (Å²) in [6.45, 7) is 13.8. The van der Waals surface area contributed by atoms with Crippen molar-refractivity contribution < 1.29 is 4.74 Å². The van der Waals surface area contributed by atoms with Crippen LogP contribution in [0.1, 0.15) is 5.56 Å². The van der Waals surface area contributed by atoms with Gasteiger partial charge in [0.2, 0.25) is 0 Å². The Bertz CT molecular complexity index is 596. The van der Waals surface area contributed by atoms with Gasteiger partial charge in [0.05, 0.1) is 15.2 Å². The molecule has 0 amide bonds. The minimum absolute atomic E-state index is 0.736. The molecular weight excluding hydrogens is 290 g/mol. The number of benzene rings is 1. The van der Waals surface area contributed by atoms with Gasteiger partial charge in [-0.1, -0.05) is 45.2 Å². The van der Waals surface area contributed by atoms with Crippen LogP contribution in [-0.2, 0) is 0 Å². The van der Waals surface area contributed by atoms with E-state index in [-0.39, 0.29) is 0 Å². The zero-order chi connectivity index (χ0) is 16.3. The van der Waals surface area contributed by atoms with Crippen LogP contribution in [0.3, 0.4) is 0 Å². The quantitative estimate of drug-likeness (QED) is 0.509. The van der Waals surface area contributed by atoms with E-state index in [1.54, 1.807) is 7.11 Å². The van der Waals surface area contributed by atoms with Gasteiger partial charge in [-0.3, -0.25) is 0 Å². The predicted molar refractivity (Wildman–Crippen MR) is 99.9 cm³/mol. The van der Waals surface area contributed by atoms with Gasteiger partial charge in [0.1, 0.15) is 13.8 Å². The van der Waals surface area contributed by atoms with Crippen molar-refractivity contribution in [2.75, 3.05) is 12.8 Å². The Kier molecular flexibility index (Phi) is 5.49. The van der Waals surface area contributed by atoms with E-state index in [0.29, 0.717) is 0 Å². The van der Waals surface area contributed by atoms with E-state index in [0.717, 1.165) is 17.0 Å². The van der Waals surface area contributed by atoms with Gasteiger partial charge in [-0.25, -0.2) is 0 Å². The number of nitrogens with two attached hydrogens (primary N) is 1. The molecule has 0 spiro atoms. The van der Waals surface area contributed by atoms with Crippen molar-refractivity contribution in [3.63, 3.8) is 0 Å². The fraction of sp³-hybridized carbons (Fsp3) is 0.412. The molecule has 0 radical (unpaired) electrons. The van der Waals surface area contributed by atoms with Crippen molar-refractivity contribution in [2.24, 2.45) is 0 Å². The van der Waals surface area contributed by atoms with Crippen LogP contribution in [0.5, 0.6) is 5.75 Å². The van der Waals surface area contributed by atoms with Crippen LogP contribution in [-0.4, -0.2) is 23.3 Å². The minimum atomic E-state index is -1.49. The number of nitrogen functional groups attached to an aromatic ring is 1. The summed E-state index contributed by atoms with van der Waals surface area (Å²) in [6, 6.07) is 5.81. The van der Waals surface area contributed by atoms with Crippen LogP contribution in [0.15, 0.2) is 23.4 Å². The standard InChI is InChI=1S/C17H27NOSi2/c1-19-15-9-8-14(17(18)13-15)12-16(21(5,6)7)10-11-20(2,3)4/h8-9,12-13H,18H2,1-7H3/b16-12+. The van der Waals surface area contributed by atoms with Crippen molar-refractivity contribution in [1.82, 2.24) is 0 Å². The Morgan fingerprint density at radius 2 is 1.76 bits per heavy atom. The van der Waals surface area contributed by atoms with E-state index in [2.05, 4.69) is 56.8 Å². The van der Waals surface area contributed by atoms with Gasteiger partial charge in [-0.05, 0) is 29.0 Å². The molecule has 2 N–H and O–H groups in total. The molecule has 0 unspecified atom stereocenters. The fourth-order valence-corrected chi connectivity index (χ4v) is 3.32. The summed E-state index contributed by atoms with van der Waals surface area (Å²) in [7, 11) is -1.22. The lowest BCUT2D eigenvalue weighted by Crippen LogP contribution is -2.24. The molecule has 0 bridgehead atoms. The summed E-state index contributed by atoms with van der Waals surface area (Å²) in [5, 5.41) is 1.25. The molecule has 0 atom stereocenters. The molecule has 0 fully saturated rings. The van der Waals surface area contributed by atoms with Crippen LogP contribution in [0.4, 0.5) is 5.69 Å². The number of allylic oxidation sites excluding steroid dienone is 1. The predicted octanol–water partition coefficient (Wildman–Crippen LogP) is 4.42. The van der Waals surface area contributed by atoms with Crippen molar-refractivity contribution >= 4 is 27.9 Å². The monoisotopic (exact) mass is 317 g/mol. The largest absolute Gasteiger partial charge is 0.497 e. The second kappa shape index (κ2) is 6.55. The highest BCUT2D eigenvalue weighted by Crippen LogP contribution is 2.24. The summed E-state index contributed by atoms with van der Waals surface area (Å²) in [5.41, 5.74) is 11.4. The Balaban J connectivity index is 3.29. The fourth-order valence-electron chi connectivity index (χ4n) is 1.66. The molecule has 4 heteroatoms. The van der Waals surface area contributed by atoms with Gasteiger partial charge in [0, 0.05) is 11.8 Å². The second-order valence-corrected chi connectivity index (χ2v) is 17.1. The van der Waals surface area contributed by atoms with Gasteiger partial charge in [-0.2, -0.15) is 0 Å². The molecule has 2 nitrogen and oxygen atoms in total. The summed E-state index contributed by atoms with van der Waals surface area (Å²) in [4.78, 5) is 0. The SMILES string of the molecule is COc1ccc(/C=C(\C#C[Si](C)(C)C)[Si](C)(C)C)c(N)c1. The average molecular weight is 318 g/mol. The Labute approximate surface area is 131 Å². The molecule has 21 heavy (non-hydrogen) atoms. The molecule has 0 aromatic heterocycles. The summed E-state index contributed by atoms with van der Waals surface area (Å²) < 4.78 is 5.20. The zero-order valence-electron chi connectivity index (χ0n) is 14.3.